The van der Waals surface area contributed by atoms with E-state index in [4.69, 9.17) is 33.5 Å². The Balaban J connectivity index is 0.000000260. The molecular formula is C15H16BrClN8OY-2. The largest absolute Gasteiger partial charge is 0.697 e. The summed E-state index contributed by atoms with van der Waals surface area (Å²) in [7, 11) is 1.59. The van der Waals surface area contributed by atoms with Crippen molar-refractivity contribution in [2.24, 2.45) is 0 Å². The smallest absolute Gasteiger partial charge is 0.193 e. The number of methoxy groups -OCH3 is 1. The van der Waals surface area contributed by atoms with Crippen molar-refractivity contribution in [3.05, 3.63) is 57.4 Å². The van der Waals surface area contributed by atoms with Gasteiger partial charge in [0.15, 0.2) is 5.82 Å². The first-order valence-corrected chi connectivity index (χ1v) is 8.44. The normalized spacial score (nSPS) is 11.1. The molecule has 1 radical (unpaired) electrons. The molecule has 3 aromatic rings. The van der Waals surface area contributed by atoms with Crippen molar-refractivity contribution in [1.82, 2.24) is 25.0 Å². The predicted molar refractivity (Wildman–Crippen MR) is 104 cm³/mol. The Morgan fingerprint density at radius 1 is 1.22 bits per heavy atom. The molecule has 0 aliphatic rings. The molecular weight excluding hydrogens is 512 g/mol. The third kappa shape index (κ3) is 6.08. The Bertz CT molecular complexity index is 881. The molecule has 0 aliphatic carbocycles. The average molecular weight is 529 g/mol. The van der Waals surface area contributed by atoms with Crippen molar-refractivity contribution in [2.45, 2.75) is 13.0 Å². The number of nitrogen functional groups attached to an aromatic ring is 1. The number of ether oxygens (including phenoxy) is 1. The molecule has 0 bridgehead atoms. The fourth-order valence-electron chi connectivity index (χ4n) is 1.93. The predicted octanol–water partition coefficient (Wildman–Crippen LogP) is 4.81. The Kier molecular flexibility index (Phi) is 9.54. The van der Waals surface area contributed by atoms with Gasteiger partial charge >= 0.3 is 0 Å². The second kappa shape index (κ2) is 10.9. The molecule has 3 aromatic heterocycles. The molecule has 0 unspecified atom stereocenters. The van der Waals surface area contributed by atoms with Gasteiger partial charge in [0.25, 0.3) is 0 Å². The van der Waals surface area contributed by atoms with Crippen LogP contribution < -0.4 is 5.73 Å². The summed E-state index contributed by atoms with van der Waals surface area (Å²) in [5.41, 5.74) is 21.8. The SMILES string of the molecule is CO[C@@H](C)c1c([NH-])cnc(N)c1Br.[NH-]c1cnc(-n2nccn2)c(Cl)c1.[Y]. The number of aromatic nitrogens is 5. The standard InChI is InChI=1S/C8H11BrN3O.C7H5ClN5.Y/c1-4(13-2)6-5(10)3-12-8(11)7(6)9;8-6-3-5(9)4-10-7(6)13-11-1-2-12-13;/h3-4,10H,1-2H3,(H2,11,12);1-4,9H;/q2*-1;/t4-;;/m0../s1. The van der Waals surface area contributed by atoms with Gasteiger partial charge in [0, 0.05) is 52.2 Å². The summed E-state index contributed by atoms with van der Waals surface area (Å²) in [6.45, 7) is 1.86. The molecule has 3 rings (SSSR count). The van der Waals surface area contributed by atoms with Crippen LogP contribution in [0.5, 0.6) is 0 Å². The summed E-state index contributed by atoms with van der Waals surface area (Å²) in [5, 5.41) is 8.11. The van der Waals surface area contributed by atoms with E-state index in [-0.39, 0.29) is 44.5 Å². The molecule has 0 aliphatic heterocycles. The molecule has 0 saturated carbocycles. The van der Waals surface area contributed by atoms with E-state index in [1.165, 1.54) is 35.7 Å². The van der Waals surface area contributed by atoms with E-state index in [9.17, 15) is 0 Å². The summed E-state index contributed by atoms with van der Waals surface area (Å²) in [6.07, 6.45) is 5.72. The van der Waals surface area contributed by atoms with Crippen molar-refractivity contribution in [1.29, 1.82) is 0 Å². The quantitative estimate of drug-likeness (QED) is 0.517. The number of anilines is 1. The van der Waals surface area contributed by atoms with Crippen LogP contribution in [0.3, 0.4) is 0 Å². The summed E-state index contributed by atoms with van der Waals surface area (Å²) in [6, 6.07) is 1.49. The molecule has 0 saturated heterocycles. The minimum absolute atomic E-state index is 0. The van der Waals surface area contributed by atoms with Crippen molar-refractivity contribution in [3.63, 3.8) is 0 Å². The molecule has 1 atom stereocenters. The molecule has 0 aromatic carbocycles. The van der Waals surface area contributed by atoms with Crippen LogP contribution in [0.25, 0.3) is 17.3 Å². The summed E-state index contributed by atoms with van der Waals surface area (Å²) in [5.74, 6) is 0.817. The van der Waals surface area contributed by atoms with E-state index >= 15 is 0 Å². The third-order valence-corrected chi connectivity index (χ3v) is 4.39. The van der Waals surface area contributed by atoms with Crippen LogP contribution in [0.1, 0.15) is 18.6 Å². The maximum Gasteiger partial charge on any atom is 0.193 e. The van der Waals surface area contributed by atoms with E-state index < -0.39 is 0 Å². The number of pyridine rings is 2. The third-order valence-electron chi connectivity index (χ3n) is 3.27. The summed E-state index contributed by atoms with van der Waals surface area (Å²) < 4.78 is 5.77. The molecule has 141 valence electrons. The van der Waals surface area contributed by atoms with Gasteiger partial charge in [-0.25, -0.2) is 9.97 Å². The number of hydrogen-bond donors (Lipinski definition) is 1. The first kappa shape index (κ1) is 23.7. The molecule has 0 spiro atoms. The topological polar surface area (TPSA) is 139 Å². The van der Waals surface area contributed by atoms with Crippen LogP contribution in [0.15, 0.2) is 35.3 Å². The molecule has 0 amide bonds. The van der Waals surface area contributed by atoms with Crippen molar-refractivity contribution in [2.75, 3.05) is 12.8 Å². The van der Waals surface area contributed by atoms with Gasteiger partial charge in [-0.3, -0.25) is 0 Å². The zero-order valence-electron chi connectivity index (χ0n) is 14.5. The zero-order valence-corrected chi connectivity index (χ0v) is 19.7. The van der Waals surface area contributed by atoms with Crippen molar-refractivity contribution < 1.29 is 37.4 Å². The maximum atomic E-state index is 7.61. The van der Waals surface area contributed by atoms with Crippen LogP contribution in [0, 0.1) is 0 Å². The van der Waals surface area contributed by atoms with Gasteiger partial charge < -0.3 is 21.9 Å². The average Bonchev–Trinajstić information content (AvgIpc) is 3.13. The van der Waals surface area contributed by atoms with Crippen LogP contribution >= 0.6 is 27.5 Å². The molecule has 4 N–H and O–H groups in total. The molecule has 12 heteroatoms. The van der Waals surface area contributed by atoms with E-state index in [1.54, 1.807) is 7.11 Å². The van der Waals surface area contributed by atoms with E-state index in [0.717, 1.165) is 5.56 Å². The van der Waals surface area contributed by atoms with Crippen LogP contribution in [0.4, 0.5) is 17.2 Å². The molecule has 27 heavy (non-hydrogen) atoms. The fraction of sp³-hybridized carbons (Fsp3) is 0.200. The molecule has 0 fully saturated rings. The zero-order chi connectivity index (χ0) is 19.3. The Morgan fingerprint density at radius 3 is 2.41 bits per heavy atom. The minimum Gasteiger partial charge on any atom is -0.697 e. The fourth-order valence-corrected chi connectivity index (χ4v) is 2.82. The number of nitrogens with zero attached hydrogens (tertiary/aromatic N) is 5. The van der Waals surface area contributed by atoms with Crippen molar-refractivity contribution >= 4 is 44.7 Å². The first-order chi connectivity index (χ1) is 12.3. The molecule has 3 heterocycles. The van der Waals surface area contributed by atoms with Crippen LogP contribution in [0.2, 0.25) is 5.02 Å². The first-order valence-electron chi connectivity index (χ1n) is 7.27. The van der Waals surface area contributed by atoms with E-state index in [0.29, 0.717) is 26.8 Å². The van der Waals surface area contributed by atoms with Gasteiger partial charge in [-0.2, -0.15) is 10.2 Å². The molecule has 9 nitrogen and oxygen atoms in total. The van der Waals surface area contributed by atoms with Gasteiger partial charge in [0.1, 0.15) is 5.82 Å². The number of hydrogen-bond acceptors (Lipinski definition) is 6. The minimum atomic E-state index is -0.160. The Labute approximate surface area is 195 Å². The van der Waals surface area contributed by atoms with E-state index in [1.807, 2.05) is 6.92 Å². The monoisotopic (exact) mass is 527 g/mol. The number of halogens is 2. The van der Waals surface area contributed by atoms with Gasteiger partial charge in [0.2, 0.25) is 0 Å². The van der Waals surface area contributed by atoms with Gasteiger partial charge in [-0.1, -0.05) is 17.7 Å². The summed E-state index contributed by atoms with van der Waals surface area (Å²) in [4.78, 5) is 9.09. The van der Waals surface area contributed by atoms with Gasteiger partial charge in [0.05, 0.1) is 28.0 Å². The second-order valence-electron chi connectivity index (χ2n) is 5.01. The van der Waals surface area contributed by atoms with Crippen molar-refractivity contribution in [3.8, 4) is 5.82 Å². The number of rotatable bonds is 3. The van der Waals surface area contributed by atoms with Gasteiger partial charge in [-0.15, -0.1) is 16.2 Å². The second-order valence-corrected chi connectivity index (χ2v) is 6.21. The number of nitrogens with one attached hydrogen (secondary N) is 2. The van der Waals surface area contributed by atoms with Crippen LogP contribution in [-0.2, 0) is 37.4 Å². The summed E-state index contributed by atoms with van der Waals surface area (Å²) >= 11 is 9.12. The number of nitrogens with two attached hydrogens (primary N) is 1. The van der Waals surface area contributed by atoms with Crippen LogP contribution in [-0.4, -0.2) is 32.1 Å². The van der Waals surface area contributed by atoms with Gasteiger partial charge in [-0.05, 0) is 28.4 Å². The maximum absolute atomic E-state index is 7.61. The Hall–Kier alpha value is -1.33. The van der Waals surface area contributed by atoms with E-state index in [2.05, 4.69) is 36.1 Å². The Morgan fingerprint density at radius 2 is 1.85 bits per heavy atom.